The van der Waals surface area contributed by atoms with Gasteiger partial charge in [0.1, 0.15) is 0 Å². The lowest BCUT2D eigenvalue weighted by Gasteiger charge is -1.73. The molecule has 28 valence electrons. The molecule has 0 radical (unpaired) electrons. The van der Waals surface area contributed by atoms with Crippen LogP contribution in [0.15, 0.2) is 0 Å². The van der Waals surface area contributed by atoms with Crippen LogP contribution in [0.5, 0.6) is 0 Å². The van der Waals surface area contributed by atoms with Crippen LogP contribution in [-0.4, -0.2) is 12.0 Å². The normalized spacial score (nSPS) is 7.00. The molecule has 0 saturated heterocycles. The molecule has 0 fully saturated rings. The van der Waals surface area contributed by atoms with Gasteiger partial charge in [-0.1, -0.05) is 0 Å². The molecular formula is HB2Cl3. The number of rotatable bonds is 1. The Morgan fingerprint density at radius 2 is 1.60 bits per heavy atom. The maximum absolute atomic E-state index is 5.10. The van der Waals surface area contributed by atoms with Crippen molar-refractivity contribution in [3.63, 3.8) is 0 Å². The third kappa shape index (κ3) is 5.00. The Morgan fingerprint density at radius 3 is 1.60 bits per heavy atom. The fourth-order valence-corrected chi connectivity index (χ4v) is 0. The number of halogens is 3. The first kappa shape index (κ1) is 6.00. The van der Waals surface area contributed by atoms with Crippen molar-refractivity contribution in [3.8, 4) is 0 Å². The highest BCUT2D eigenvalue weighted by molar-refractivity contribution is 7.64. The lowest BCUT2D eigenvalue weighted by Crippen LogP contribution is -1.96. The zero-order valence-corrected chi connectivity index (χ0v) is 4.69. The van der Waals surface area contributed by atoms with Gasteiger partial charge in [0, 0.05) is 0 Å². The van der Waals surface area contributed by atoms with Gasteiger partial charge < -0.3 is 0 Å². The van der Waals surface area contributed by atoms with E-state index in [-0.39, 0.29) is 0 Å². The summed E-state index contributed by atoms with van der Waals surface area (Å²) in [5.74, 6) is 0. The molecule has 5 heteroatoms. The Bertz CT molecular complexity index is 18.9. The minimum Gasteiger partial charge on any atom is -0.207 e. The highest BCUT2D eigenvalue weighted by Crippen LogP contribution is 1.92. The molecule has 0 amide bonds. The summed E-state index contributed by atoms with van der Waals surface area (Å²) in [6, 6.07) is 0. The zero-order chi connectivity index (χ0) is 4.28. The van der Waals surface area contributed by atoms with E-state index in [9.17, 15) is 0 Å². The van der Waals surface area contributed by atoms with E-state index < -0.39 is 5.43 Å². The second kappa shape index (κ2) is 3.20. The van der Waals surface area contributed by atoms with E-state index in [4.69, 9.17) is 34.4 Å². The van der Waals surface area contributed by atoms with E-state index >= 15 is 0 Å². The molecule has 0 N–H and O–H groups in total. The predicted octanol–water partition coefficient (Wildman–Crippen LogP) is 1.04. The molecule has 0 aromatic rings. The van der Waals surface area contributed by atoms with Crippen molar-refractivity contribution in [2.75, 3.05) is 0 Å². The van der Waals surface area contributed by atoms with E-state index in [0.717, 1.165) is 0 Å². The summed E-state index contributed by atoms with van der Waals surface area (Å²) in [7, 11) is 0. The summed E-state index contributed by atoms with van der Waals surface area (Å²) in [5.41, 5.74) is -0.406. The smallest absolute Gasteiger partial charge is 0.207 e. The Kier molecular flexibility index (Phi) is 3.84. The third-order valence-corrected chi connectivity index (χ3v) is 1.05. The van der Waals surface area contributed by atoms with Crippen LogP contribution in [0.1, 0.15) is 0 Å². The second-order valence-corrected chi connectivity index (χ2v) is 2.13. The summed E-state index contributed by atoms with van der Waals surface area (Å²) in [5, 5.41) is 0. The van der Waals surface area contributed by atoms with Crippen molar-refractivity contribution >= 4 is 46.4 Å². The maximum Gasteiger partial charge on any atom is 0.332 e. The highest BCUT2D eigenvalue weighted by atomic mass is 35.5. The van der Waals surface area contributed by atoms with Crippen LogP contribution >= 0.6 is 34.4 Å². The van der Waals surface area contributed by atoms with Crippen LogP contribution < -0.4 is 0 Å². The van der Waals surface area contributed by atoms with Crippen LogP contribution in [0, 0.1) is 0 Å². The first-order chi connectivity index (χ1) is 2.27. The summed E-state index contributed by atoms with van der Waals surface area (Å²) in [6.45, 7) is 0.309. The second-order valence-electron chi connectivity index (χ2n) is 0.545. The van der Waals surface area contributed by atoms with E-state index in [1.54, 1.807) is 0 Å². The molecule has 0 spiro atoms. The van der Waals surface area contributed by atoms with Crippen molar-refractivity contribution in [2.24, 2.45) is 0 Å². The van der Waals surface area contributed by atoms with E-state index in [2.05, 4.69) is 0 Å². The summed E-state index contributed by atoms with van der Waals surface area (Å²) in [6.07, 6.45) is 0. The number of hydrogen-bond donors (Lipinski definition) is 0. The molecule has 0 aliphatic carbocycles. The van der Waals surface area contributed by atoms with Crippen LogP contribution in [0.3, 0.4) is 0 Å². The molecule has 0 saturated carbocycles. The van der Waals surface area contributed by atoms with Gasteiger partial charge in [0.05, 0.1) is 0 Å². The minimum absolute atomic E-state index is 0.309. The summed E-state index contributed by atoms with van der Waals surface area (Å²) in [4.78, 5) is 0. The molecule has 0 nitrogen and oxygen atoms in total. The van der Waals surface area contributed by atoms with Crippen molar-refractivity contribution < 1.29 is 0 Å². The van der Waals surface area contributed by atoms with Gasteiger partial charge >= 0.3 is 5.43 Å². The van der Waals surface area contributed by atoms with Gasteiger partial charge in [-0.3, -0.25) is 0 Å². The van der Waals surface area contributed by atoms with Crippen molar-refractivity contribution in [3.05, 3.63) is 0 Å². The Morgan fingerprint density at radius 1 is 1.40 bits per heavy atom. The molecule has 0 aliphatic rings. The van der Waals surface area contributed by atoms with Crippen LogP contribution in [0.4, 0.5) is 0 Å². The maximum atomic E-state index is 5.10. The van der Waals surface area contributed by atoms with Gasteiger partial charge in [-0.25, -0.2) is 11.5 Å². The van der Waals surface area contributed by atoms with Crippen LogP contribution in [0.25, 0.3) is 0 Å². The molecule has 0 aliphatic heterocycles. The Labute approximate surface area is 46.8 Å². The zero-order valence-electron chi connectivity index (χ0n) is 2.42. The topological polar surface area (TPSA) is 0 Å². The lowest BCUT2D eigenvalue weighted by atomic mass is 9.75. The average molecular weight is 129 g/mol. The van der Waals surface area contributed by atoms with E-state index in [0.29, 0.717) is 6.59 Å². The monoisotopic (exact) mass is 128 g/mol. The molecule has 0 heterocycles. The van der Waals surface area contributed by atoms with Gasteiger partial charge in [0.15, 0.2) is 0 Å². The first-order valence-corrected chi connectivity index (χ1v) is 2.52. The largest absolute Gasteiger partial charge is 0.332 e. The van der Waals surface area contributed by atoms with Gasteiger partial charge in [0.2, 0.25) is 6.59 Å². The average Bonchev–Trinajstić information content (AvgIpc) is 1.38. The highest BCUT2D eigenvalue weighted by Gasteiger charge is 2.01. The molecule has 0 aromatic carbocycles. The Hall–Kier alpha value is 1.000. The van der Waals surface area contributed by atoms with Crippen molar-refractivity contribution in [2.45, 2.75) is 0 Å². The van der Waals surface area contributed by atoms with Crippen LogP contribution in [0.2, 0.25) is 0 Å². The number of hydrogen-bond acceptors (Lipinski definition) is 0. The summed E-state index contributed by atoms with van der Waals surface area (Å²) >= 11 is 15.3. The lowest BCUT2D eigenvalue weighted by molar-refractivity contribution is 3.94. The quantitative estimate of drug-likeness (QED) is 0.464. The third-order valence-electron chi connectivity index (χ3n) is 0.117. The predicted molar refractivity (Wildman–Crippen MR) is 30.5 cm³/mol. The van der Waals surface area contributed by atoms with E-state index in [1.807, 2.05) is 0 Å². The molecule has 0 aromatic heterocycles. The molecular weight excluding hydrogens is 128 g/mol. The SMILES string of the molecule is ClBB(Cl)Cl. The fraction of sp³-hybridized carbons (Fsp3) is 0. The van der Waals surface area contributed by atoms with Crippen molar-refractivity contribution in [1.29, 1.82) is 0 Å². The van der Waals surface area contributed by atoms with Gasteiger partial charge in [-0.05, 0) is 0 Å². The van der Waals surface area contributed by atoms with Crippen LogP contribution in [-0.2, 0) is 0 Å². The molecule has 0 unspecified atom stereocenters. The molecule has 0 rings (SSSR count). The van der Waals surface area contributed by atoms with Gasteiger partial charge in [0.25, 0.3) is 0 Å². The Balaban J connectivity index is 2.54. The minimum atomic E-state index is -0.406. The van der Waals surface area contributed by atoms with Crippen molar-refractivity contribution in [1.82, 2.24) is 0 Å². The molecule has 0 atom stereocenters. The summed E-state index contributed by atoms with van der Waals surface area (Å²) < 4.78 is 0. The standard InChI is InChI=1S/B2Cl3H/c3-1-2(4)5/h1H. The van der Waals surface area contributed by atoms with E-state index in [1.165, 1.54) is 0 Å². The first-order valence-electron chi connectivity index (χ1n) is 1.11. The fourth-order valence-electron chi connectivity index (χ4n) is 0. The van der Waals surface area contributed by atoms with Gasteiger partial charge in [-0.2, -0.15) is 22.9 Å². The molecule has 0 bridgehead atoms. The molecule has 5 heavy (non-hydrogen) atoms. The van der Waals surface area contributed by atoms with Gasteiger partial charge in [-0.15, -0.1) is 0 Å².